The van der Waals surface area contributed by atoms with E-state index in [-0.39, 0.29) is 18.3 Å². The minimum atomic E-state index is -0.219. The van der Waals surface area contributed by atoms with Gasteiger partial charge in [0.2, 0.25) is 0 Å². The maximum atomic E-state index is 13.0. The molecule has 0 aromatic heterocycles. The molecule has 0 radical (unpaired) electrons. The van der Waals surface area contributed by atoms with Crippen LogP contribution in [0, 0.1) is 11.7 Å². The zero-order valence-electron chi connectivity index (χ0n) is 11.1. The Morgan fingerprint density at radius 1 is 1.33 bits per heavy atom. The molecule has 102 valence electrons. The highest BCUT2D eigenvalue weighted by molar-refractivity contribution is 5.16. The first-order valence-electron chi connectivity index (χ1n) is 6.69. The van der Waals surface area contributed by atoms with E-state index in [2.05, 4.69) is 6.92 Å². The second kappa shape index (κ2) is 9.06. The Bertz CT molecular complexity index is 328. The lowest BCUT2D eigenvalue weighted by Crippen LogP contribution is -2.13. The number of rotatable bonds is 9. The fraction of sp³-hybridized carbons (Fsp3) is 0.600. The molecule has 1 aromatic rings. The summed E-state index contributed by atoms with van der Waals surface area (Å²) in [6, 6.07) is 6.56. The van der Waals surface area contributed by atoms with E-state index in [4.69, 9.17) is 4.74 Å². The Balaban J connectivity index is 2.28. The smallest absolute Gasteiger partial charge is 0.123 e. The number of hydrogen-bond donors (Lipinski definition) is 1. The third-order valence-corrected chi connectivity index (χ3v) is 2.98. The Kier molecular flexibility index (Phi) is 7.62. The van der Waals surface area contributed by atoms with Gasteiger partial charge in [0.05, 0.1) is 0 Å². The van der Waals surface area contributed by atoms with Crippen molar-refractivity contribution in [2.45, 2.75) is 32.6 Å². The molecule has 2 nitrogen and oxygen atoms in total. The summed E-state index contributed by atoms with van der Waals surface area (Å²) in [5.41, 5.74) is 0.933. The normalized spacial score (nSPS) is 12.6. The van der Waals surface area contributed by atoms with Crippen molar-refractivity contribution in [3.05, 3.63) is 35.6 Å². The van der Waals surface area contributed by atoms with Gasteiger partial charge in [-0.3, -0.25) is 0 Å². The number of aliphatic hydroxyl groups excluding tert-OH is 1. The van der Waals surface area contributed by atoms with Crippen LogP contribution in [0.3, 0.4) is 0 Å². The fourth-order valence-corrected chi connectivity index (χ4v) is 1.85. The fourth-order valence-electron chi connectivity index (χ4n) is 1.85. The molecule has 0 saturated heterocycles. The summed E-state index contributed by atoms with van der Waals surface area (Å²) >= 11 is 0. The molecule has 0 aliphatic carbocycles. The summed E-state index contributed by atoms with van der Waals surface area (Å²) < 4.78 is 18.5. The second-order valence-electron chi connectivity index (χ2n) is 4.64. The van der Waals surface area contributed by atoms with Gasteiger partial charge in [-0.2, -0.15) is 0 Å². The number of unbranched alkanes of at least 4 members (excludes halogenated alkanes) is 1. The second-order valence-corrected chi connectivity index (χ2v) is 4.64. The van der Waals surface area contributed by atoms with Gasteiger partial charge < -0.3 is 9.84 Å². The van der Waals surface area contributed by atoms with E-state index in [1.54, 1.807) is 6.07 Å². The van der Waals surface area contributed by atoms with Gasteiger partial charge in [0.15, 0.2) is 0 Å². The van der Waals surface area contributed by atoms with Crippen molar-refractivity contribution in [1.82, 2.24) is 0 Å². The number of ether oxygens (including phenoxy) is 1. The number of aliphatic hydroxyl groups is 1. The summed E-state index contributed by atoms with van der Waals surface area (Å²) in [6.45, 7) is 3.70. The molecule has 18 heavy (non-hydrogen) atoms. The summed E-state index contributed by atoms with van der Waals surface area (Å²) in [4.78, 5) is 0. The molecule has 0 aliphatic heterocycles. The van der Waals surface area contributed by atoms with Crippen LogP contribution < -0.4 is 0 Å². The SMILES string of the molecule is CCCCOCCC(CO)Cc1cccc(F)c1. The van der Waals surface area contributed by atoms with Crippen LogP contribution in [0.15, 0.2) is 24.3 Å². The van der Waals surface area contributed by atoms with Crippen molar-refractivity contribution in [3.63, 3.8) is 0 Å². The molecule has 3 heteroatoms. The largest absolute Gasteiger partial charge is 0.396 e. The van der Waals surface area contributed by atoms with Gasteiger partial charge in [0.25, 0.3) is 0 Å². The minimum Gasteiger partial charge on any atom is -0.396 e. The van der Waals surface area contributed by atoms with Gasteiger partial charge in [-0.1, -0.05) is 25.5 Å². The molecular formula is C15H23FO2. The first kappa shape index (κ1) is 15.1. The van der Waals surface area contributed by atoms with E-state index in [9.17, 15) is 9.50 Å². The van der Waals surface area contributed by atoms with E-state index in [1.807, 2.05) is 6.07 Å². The molecule has 1 rings (SSSR count). The quantitative estimate of drug-likeness (QED) is 0.686. The molecule has 1 unspecified atom stereocenters. The molecule has 1 N–H and O–H groups in total. The Hall–Kier alpha value is -0.930. The lowest BCUT2D eigenvalue weighted by Gasteiger charge is -2.14. The van der Waals surface area contributed by atoms with Crippen LogP contribution in [0.5, 0.6) is 0 Å². The zero-order chi connectivity index (χ0) is 13.2. The van der Waals surface area contributed by atoms with Gasteiger partial charge in [-0.25, -0.2) is 4.39 Å². The average Bonchev–Trinajstić information content (AvgIpc) is 2.37. The van der Waals surface area contributed by atoms with E-state index >= 15 is 0 Å². The number of hydrogen-bond acceptors (Lipinski definition) is 2. The van der Waals surface area contributed by atoms with Crippen LogP contribution in [0.2, 0.25) is 0 Å². The van der Waals surface area contributed by atoms with Crippen LogP contribution in [0.4, 0.5) is 4.39 Å². The molecule has 0 saturated carbocycles. The van der Waals surface area contributed by atoms with Crippen molar-refractivity contribution in [2.75, 3.05) is 19.8 Å². The summed E-state index contributed by atoms with van der Waals surface area (Å²) in [5, 5.41) is 9.31. The van der Waals surface area contributed by atoms with Crippen molar-refractivity contribution in [3.8, 4) is 0 Å². The van der Waals surface area contributed by atoms with Gasteiger partial charge in [0, 0.05) is 19.8 Å². The first-order chi connectivity index (χ1) is 8.76. The zero-order valence-corrected chi connectivity index (χ0v) is 11.1. The molecule has 0 aliphatic rings. The van der Waals surface area contributed by atoms with E-state index in [1.165, 1.54) is 12.1 Å². The van der Waals surface area contributed by atoms with Crippen LogP contribution in [-0.4, -0.2) is 24.9 Å². The monoisotopic (exact) mass is 254 g/mol. The van der Waals surface area contributed by atoms with Crippen molar-refractivity contribution in [2.24, 2.45) is 5.92 Å². The molecule has 0 amide bonds. The standard InChI is InChI=1S/C15H23FO2/c1-2-3-8-18-9-7-14(12-17)10-13-5-4-6-15(16)11-13/h4-6,11,14,17H,2-3,7-10,12H2,1H3. The molecule has 1 aromatic carbocycles. The third-order valence-electron chi connectivity index (χ3n) is 2.98. The average molecular weight is 254 g/mol. The van der Waals surface area contributed by atoms with Crippen LogP contribution >= 0.6 is 0 Å². The van der Waals surface area contributed by atoms with Gasteiger partial charge >= 0.3 is 0 Å². The van der Waals surface area contributed by atoms with Crippen LogP contribution in [-0.2, 0) is 11.2 Å². The summed E-state index contributed by atoms with van der Waals surface area (Å²) in [6.07, 6.45) is 3.72. The van der Waals surface area contributed by atoms with Crippen molar-refractivity contribution in [1.29, 1.82) is 0 Å². The number of benzene rings is 1. The minimum absolute atomic E-state index is 0.119. The number of halogens is 1. The highest BCUT2D eigenvalue weighted by atomic mass is 19.1. The van der Waals surface area contributed by atoms with Crippen LogP contribution in [0.25, 0.3) is 0 Å². The lowest BCUT2D eigenvalue weighted by atomic mass is 9.97. The molecule has 0 fully saturated rings. The maximum absolute atomic E-state index is 13.0. The predicted molar refractivity (Wildman–Crippen MR) is 71.0 cm³/mol. The van der Waals surface area contributed by atoms with E-state index in [0.29, 0.717) is 13.0 Å². The summed E-state index contributed by atoms with van der Waals surface area (Å²) in [7, 11) is 0. The van der Waals surface area contributed by atoms with Gasteiger partial charge in [-0.05, 0) is 42.9 Å². The molecule has 0 heterocycles. The van der Waals surface area contributed by atoms with Gasteiger partial charge in [0.1, 0.15) is 5.82 Å². The topological polar surface area (TPSA) is 29.5 Å². The van der Waals surface area contributed by atoms with E-state index in [0.717, 1.165) is 31.4 Å². The first-order valence-corrected chi connectivity index (χ1v) is 6.69. The molecule has 1 atom stereocenters. The predicted octanol–water partition coefficient (Wildman–Crippen LogP) is 3.18. The molecular weight excluding hydrogens is 231 g/mol. The lowest BCUT2D eigenvalue weighted by molar-refractivity contribution is 0.104. The molecule has 0 spiro atoms. The Morgan fingerprint density at radius 2 is 2.17 bits per heavy atom. The maximum Gasteiger partial charge on any atom is 0.123 e. The molecule has 0 bridgehead atoms. The Morgan fingerprint density at radius 3 is 2.83 bits per heavy atom. The van der Waals surface area contributed by atoms with Gasteiger partial charge in [-0.15, -0.1) is 0 Å². The third kappa shape index (κ3) is 6.12. The van der Waals surface area contributed by atoms with E-state index < -0.39 is 0 Å². The highest BCUT2D eigenvalue weighted by Gasteiger charge is 2.09. The van der Waals surface area contributed by atoms with Crippen molar-refractivity contribution < 1.29 is 14.2 Å². The van der Waals surface area contributed by atoms with Crippen LogP contribution in [0.1, 0.15) is 31.7 Å². The summed E-state index contributed by atoms with van der Waals surface area (Å²) in [5.74, 6) is -0.0724. The van der Waals surface area contributed by atoms with Crippen molar-refractivity contribution >= 4 is 0 Å². The highest BCUT2D eigenvalue weighted by Crippen LogP contribution is 2.13. The Labute approximate surface area is 109 Å².